The Morgan fingerprint density at radius 1 is 1.00 bits per heavy atom. The predicted octanol–water partition coefficient (Wildman–Crippen LogP) is 4.07. The third-order valence-electron chi connectivity index (χ3n) is 5.97. The van der Waals surface area contributed by atoms with E-state index < -0.39 is 0 Å². The molecule has 0 aliphatic heterocycles. The lowest BCUT2D eigenvalue weighted by molar-refractivity contribution is 0.425. The minimum Gasteiger partial charge on any atom is -0.384 e. The number of nitrogens with zero attached hydrogens (tertiary/aromatic N) is 6. The van der Waals surface area contributed by atoms with Gasteiger partial charge < -0.3 is 15.2 Å². The van der Waals surface area contributed by atoms with Gasteiger partial charge in [0.05, 0.1) is 17.1 Å². The highest BCUT2D eigenvalue weighted by molar-refractivity contribution is 5.96. The largest absolute Gasteiger partial charge is 0.384 e. The van der Waals surface area contributed by atoms with E-state index in [1.54, 1.807) is 18.6 Å². The van der Waals surface area contributed by atoms with Gasteiger partial charge in [-0.15, -0.1) is 0 Å². The molecule has 0 bridgehead atoms. The molecule has 0 saturated heterocycles. The first kappa shape index (κ1) is 21.9. The van der Waals surface area contributed by atoms with Gasteiger partial charge in [-0.1, -0.05) is 0 Å². The van der Waals surface area contributed by atoms with Crippen LogP contribution in [0.3, 0.4) is 0 Å². The standard InChI is InChI=1S/C25H23FN10/c1-36(2)6-5-27-18-8-14(7-17(26)10-18)19-3-4-28-24-21(19)32-25(33-24)22-20-9-15(16-12-30-31-13-16)11-29-23(20)35-34-22/h3-4,7-13,27H,5-6H2,1-2H3,(H,30,31)(H,28,32,33)(H,29,34,35). The van der Waals surface area contributed by atoms with Gasteiger partial charge in [-0.25, -0.2) is 19.3 Å². The average Bonchev–Trinajstić information content (AvgIpc) is 3.62. The maximum absolute atomic E-state index is 14.5. The zero-order valence-electron chi connectivity index (χ0n) is 19.7. The van der Waals surface area contributed by atoms with Crippen LogP contribution in [0.2, 0.25) is 0 Å². The van der Waals surface area contributed by atoms with Crippen LogP contribution < -0.4 is 5.32 Å². The molecule has 4 N–H and O–H groups in total. The van der Waals surface area contributed by atoms with Crippen molar-refractivity contribution in [2.24, 2.45) is 0 Å². The Morgan fingerprint density at radius 3 is 2.75 bits per heavy atom. The Kier molecular flexibility index (Phi) is 5.38. The number of fused-ring (bicyclic) bond motifs is 2. The number of pyridine rings is 2. The van der Waals surface area contributed by atoms with Crippen molar-refractivity contribution in [2.75, 3.05) is 32.5 Å². The van der Waals surface area contributed by atoms with Gasteiger partial charge in [-0.2, -0.15) is 10.2 Å². The van der Waals surface area contributed by atoms with Gasteiger partial charge in [-0.3, -0.25) is 10.2 Å². The minimum absolute atomic E-state index is 0.318. The quantitative estimate of drug-likeness (QED) is 0.270. The average molecular weight is 483 g/mol. The Labute approximate surface area is 205 Å². The first-order valence-electron chi connectivity index (χ1n) is 11.4. The summed E-state index contributed by atoms with van der Waals surface area (Å²) in [4.78, 5) is 19.0. The van der Waals surface area contributed by atoms with Crippen LogP contribution in [0.4, 0.5) is 10.1 Å². The van der Waals surface area contributed by atoms with Crippen molar-refractivity contribution >= 4 is 27.9 Å². The Morgan fingerprint density at radius 2 is 1.92 bits per heavy atom. The third-order valence-corrected chi connectivity index (χ3v) is 5.97. The van der Waals surface area contributed by atoms with Crippen molar-refractivity contribution in [2.45, 2.75) is 0 Å². The van der Waals surface area contributed by atoms with E-state index >= 15 is 0 Å². The highest BCUT2D eigenvalue weighted by atomic mass is 19.1. The molecule has 6 rings (SSSR count). The number of hydrogen-bond acceptors (Lipinski definition) is 7. The number of rotatable bonds is 7. The van der Waals surface area contributed by atoms with E-state index in [2.05, 4.69) is 45.6 Å². The minimum atomic E-state index is -0.318. The van der Waals surface area contributed by atoms with E-state index in [0.717, 1.165) is 34.2 Å². The molecule has 11 heteroatoms. The summed E-state index contributed by atoms with van der Waals surface area (Å²) in [6, 6.07) is 8.79. The summed E-state index contributed by atoms with van der Waals surface area (Å²) < 4.78 is 14.5. The number of aromatic nitrogens is 8. The molecule has 6 aromatic rings. The van der Waals surface area contributed by atoms with Crippen LogP contribution in [0.15, 0.2) is 55.1 Å². The molecule has 0 saturated carbocycles. The Hall–Kier alpha value is -4.64. The summed E-state index contributed by atoms with van der Waals surface area (Å²) in [6.45, 7) is 1.54. The topological polar surface area (TPSA) is 127 Å². The van der Waals surface area contributed by atoms with Gasteiger partial charge in [0, 0.05) is 54.1 Å². The summed E-state index contributed by atoms with van der Waals surface area (Å²) in [5.74, 6) is 0.251. The summed E-state index contributed by atoms with van der Waals surface area (Å²) in [5.41, 5.74) is 6.57. The summed E-state index contributed by atoms with van der Waals surface area (Å²) in [5, 5.41) is 18.3. The lowest BCUT2D eigenvalue weighted by Gasteiger charge is -2.13. The van der Waals surface area contributed by atoms with Gasteiger partial charge in [0.2, 0.25) is 0 Å². The molecule has 0 radical (unpaired) electrons. The molecule has 0 atom stereocenters. The van der Waals surface area contributed by atoms with E-state index in [-0.39, 0.29) is 5.82 Å². The van der Waals surface area contributed by atoms with Crippen LogP contribution in [-0.4, -0.2) is 72.4 Å². The molecular formula is C25H23FN10. The molecule has 5 aromatic heterocycles. The van der Waals surface area contributed by atoms with Crippen molar-refractivity contribution in [3.8, 4) is 33.8 Å². The Balaban J connectivity index is 1.41. The molecule has 180 valence electrons. The van der Waals surface area contributed by atoms with Gasteiger partial charge in [-0.05, 0) is 50.0 Å². The van der Waals surface area contributed by atoms with E-state index in [9.17, 15) is 4.39 Å². The number of aromatic amines is 3. The fourth-order valence-corrected chi connectivity index (χ4v) is 4.19. The van der Waals surface area contributed by atoms with Crippen LogP contribution in [0.5, 0.6) is 0 Å². The number of anilines is 1. The molecule has 0 fully saturated rings. The fraction of sp³-hybridized carbons (Fsp3) is 0.160. The summed E-state index contributed by atoms with van der Waals surface area (Å²) >= 11 is 0. The van der Waals surface area contributed by atoms with Crippen molar-refractivity contribution in [3.05, 3.63) is 60.9 Å². The Bertz CT molecular complexity index is 1670. The second-order valence-electron chi connectivity index (χ2n) is 8.78. The number of hydrogen-bond donors (Lipinski definition) is 4. The number of likely N-dealkylation sites (N-methyl/N-ethyl adjacent to an activating group) is 1. The number of benzene rings is 1. The first-order valence-corrected chi connectivity index (χ1v) is 11.4. The van der Waals surface area contributed by atoms with E-state index in [4.69, 9.17) is 4.98 Å². The zero-order chi connectivity index (χ0) is 24.6. The molecule has 0 unspecified atom stereocenters. The van der Waals surface area contributed by atoms with Crippen molar-refractivity contribution in [3.63, 3.8) is 0 Å². The third kappa shape index (κ3) is 4.05. The van der Waals surface area contributed by atoms with E-state index in [1.807, 2.05) is 38.5 Å². The lowest BCUT2D eigenvalue weighted by Crippen LogP contribution is -2.20. The van der Waals surface area contributed by atoms with Crippen LogP contribution in [0.25, 0.3) is 56.0 Å². The second kappa shape index (κ2) is 8.86. The van der Waals surface area contributed by atoms with Crippen molar-refractivity contribution in [1.82, 2.24) is 45.2 Å². The highest BCUT2D eigenvalue weighted by Crippen LogP contribution is 2.33. The highest BCUT2D eigenvalue weighted by Gasteiger charge is 2.17. The monoisotopic (exact) mass is 482 g/mol. The number of H-pyrrole nitrogens is 3. The molecule has 10 nitrogen and oxygen atoms in total. The van der Waals surface area contributed by atoms with Gasteiger partial charge in [0.25, 0.3) is 0 Å². The molecule has 1 aromatic carbocycles. The maximum Gasteiger partial charge on any atom is 0.181 e. The molecule has 0 aliphatic carbocycles. The molecule has 0 spiro atoms. The molecule has 0 aliphatic rings. The van der Waals surface area contributed by atoms with Gasteiger partial charge >= 0.3 is 0 Å². The first-order chi connectivity index (χ1) is 17.5. The normalized spacial score (nSPS) is 11.7. The van der Waals surface area contributed by atoms with Crippen LogP contribution in [0.1, 0.15) is 0 Å². The van der Waals surface area contributed by atoms with Gasteiger partial charge in [0.15, 0.2) is 17.1 Å². The molecule has 5 heterocycles. The van der Waals surface area contributed by atoms with Crippen molar-refractivity contribution < 1.29 is 4.39 Å². The molecular weight excluding hydrogens is 459 g/mol. The summed E-state index contributed by atoms with van der Waals surface area (Å²) in [6.07, 6.45) is 6.98. The zero-order valence-corrected chi connectivity index (χ0v) is 19.7. The smallest absolute Gasteiger partial charge is 0.181 e. The molecule has 36 heavy (non-hydrogen) atoms. The number of imidazole rings is 1. The second-order valence-corrected chi connectivity index (χ2v) is 8.78. The van der Waals surface area contributed by atoms with E-state index in [0.29, 0.717) is 40.6 Å². The lowest BCUT2D eigenvalue weighted by atomic mass is 10.0. The van der Waals surface area contributed by atoms with Crippen LogP contribution in [0, 0.1) is 5.82 Å². The SMILES string of the molecule is CN(C)CCNc1cc(F)cc(-c2ccnc3nc(-c4[nH]nc5ncc(-c6cn[nH]c6)cc45)[nH]c23)c1. The summed E-state index contributed by atoms with van der Waals surface area (Å²) in [7, 11) is 4.00. The predicted molar refractivity (Wildman–Crippen MR) is 137 cm³/mol. The van der Waals surface area contributed by atoms with Gasteiger partial charge in [0.1, 0.15) is 11.5 Å². The van der Waals surface area contributed by atoms with Crippen LogP contribution >= 0.6 is 0 Å². The van der Waals surface area contributed by atoms with E-state index in [1.165, 1.54) is 12.1 Å². The van der Waals surface area contributed by atoms with Crippen LogP contribution in [-0.2, 0) is 0 Å². The van der Waals surface area contributed by atoms with Crippen molar-refractivity contribution in [1.29, 1.82) is 0 Å². The fourth-order valence-electron chi connectivity index (χ4n) is 4.19. The number of halogens is 1. The number of nitrogens with one attached hydrogen (secondary N) is 4. The maximum atomic E-state index is 14.5. The molecule has 0 amide bonds.